The SMILES string of the molecule is CCCc1c(OCCOCCOc2ccc(OCC(=O)O)c3ccccc23)ccc(C(C)=O)c1O. The van der Waals surface area contributed by atoms with Crippen molar-refractivity contribution in [1.29, 1.82) is 0 Å². The number of phenolic OH excluding ortho intramolecular Hbond substituents is 1. The van der Waals surface area contributed by atoms with E-state index >= 15 is 0 Å². The average molecular weight is 483 g/mol. The van der Waals surface area contributed by atoms with Crippen molar-refractivity contribution in [2.75, 3.05) is 33.0 Å². The standard InChI is InChI=1S/C27H30O8/c1-3-6-22-25(10-9-19(18(2)28)27(22)31)34-16-14-32-13-15-33-23-11-12-24(35-17-26(29)30)21-8-5-4-7-20(21)23/h4-5,7-12,31H,3,6,13-17H2,1-2H3,(H,29,30). The fourth-order valence-electron chi connectivity index (χ4n) is 3.69. The zero-order valence-corrected chi connectivity index (χ0v) is 19.9. The van der Waals surface area contributed by atoms with Crippen LogP contribution in [0.1, 0.15) is 36.2 Å². The summed E-state index contributed by atoms with van der Waals surface area (Å²) in [5.74, 6) is 0.428. The first kappa shape index (κ1) is 25.8. The predicted octanol–water partition coefficient (Wildman–Crippen LogP) is 4.64. The molecule has 0 saturated heterocycles. The van der Waals surface area contributed by atoms with Crippen molar-refractivity contribution in [1.82, 2.24) is 0 Å². The summed E-state index contributed by atoms with van der Waals surface area (Å²) < 4.78 is 22.6. The van der Waals surface area contributed by atoms with Gasteiger partial charge in [0.15, 0.2) is 12.4 Å². The number of carboxylic acid groups (broad SMARTS) is 1. The van der Waals surface area contributed by atoms with E-state index in [1.165, 1.54) is 6.92 Å². The zero-order chi connectivity index (χ0) is 25.2. The quantitative estimate of drug-likeness (QED) is 0.253. The van der Waals surface area contributed by atoms with E-state index in [2.05, 4.69) is 0 Å². The van der Waals surface area contributed by atoms with Gasteiger partial charge in [-0.15, -0.1) is 0 Å². The summed E-state index contributed by atoms with van der Waals surface area (Å²) >= 11 is 0. The van der Waals surface area contributed by atoms with Crippen molar-refractivity contribution in [2.45, 2.75) is 26.7 Å². The Morgan fingerprint density at radius 2 is 1.37 bits per heavy atom. The van der Waals surface area contributed by atoms with Crippen LogP contribution in [0.3, 0.4) is 0 Å². The van der Waals surface area contributed by atoms with E-state index < -0.39 is 12.6 Å². The molecule has 0 bridgehead atoms. The number of fused-ring (bicyclic) bond motifs is 1. The van der Waals surface area contributed by atoms with Crippen LogP contribution in [-0.2, 0) is 16.0 Å². The number of aromatic hydroxyl groups is 1. The van der Waals surface area contributed by atoms with Gasteiger partial charge in [-0.3, -0.25) is 4.79 Å². The van der Waals surface area contributed by atoms with Crippen molar-refractivity contribution in [3.05, 3.63) is 59.7 Å². The van der Waals surface area contributed by atoms with Crippen LogP contribution in [0, 0.1) is 0 Å². The Labute approximate surface area is 204 Å². The van der Waals surface area contributed by atoms with Crippen LogP contribution in [-0.4, -0.2) is 55.0 Å². The van der Waals surface area contributed by atoms with Gasteiger partial charge in [0, 0.05) is 16.3 Å². The van der Waals surface area contributed by atoms with Gasteiger partial charge < -0.3 is 29.2 Å². The third-order valence-corrected chi connectivity index (χ3v) is 5.28. The van der Waals surface area contributed by atoms with Gasteiger partial charge >= 0.3 is 5.97 Å². The fourth-order valence-corrected chi connectivity index (χ4v) is 3.69. The molecule has 0 fully saturated rings. The van der Waals surface area contributed by atoms with Gasteiger partial charge in [0.1, 0.15) is 36.2 Å². The van der Waals surface area contributed by atoms with Crippen LogP contribution in [0.5, 0.6) is 23.0 Å². The third kappa shape index (κ3) is 6.86. The Kier molecular flexibility index (Phi) is 9.31. The zero-order valence-electron chi connectivity index (χ0n) is 19.9. The summed E-state index contributed by atoms with van der Waals surface area (Å²) in [5.41, 5.74) is 0.925. The molecule has 2 N–H and O–H groups in total. The Morgan fingerprint density at radius 1 is 0.800 bits per heavy atom. The Morgan fingerprint density at radius 3 is 1.94 bits per heavy atom. The topological polar surface area (TPSA) is 112 Å². The molecule has 3 rings (SSSR count). The van der Waals surface area contributed by atoms with Crippen LogP contribution in [0.25, 0.3) is 10.8 Å². The fraction of sp³-hybridized carbons (Fsp3) is 0.333. The molecule has 0 radical (unpaired) electrons. The van der Waals surface area contributed by atoms with Crippen molar-refractivity contribution < 1.29 is 38.7 Å². The van der Waals surface area contributed by atoms with Gasteiger partial charge in [0.2, 0.25) is 0 Å². The normalized spacial score (nSPS) is 10.8. The monoisotopic (exact) mass is 482 g/mol. The predicted molar refractivity (Wildman–Crippen MR) is 131 cm³/mol. The number of ketones is 1. The Hall–Kier alpha value is -3.78. The molecule has 0 aliphatic carbocycles. The molecule has 0 aliphatic rings. The number of aliphatic carboxylic acids is 1. The van der Waals surface area contributed by atoms with Gasteiger partial charge in [0.05, 0.1) is 18.8 Å². The second kappa shape index (κ2) is 12.6. The van der Waals surface area contributed by atoms with E-state index in [9.17, 15) is 14.7 Å². The van der Waals surface area contributed by atoms with Gasteiger partial charge in [-0.25, -0.2) is 4.79 Å². The average Bonchev–Trinajstić information content (AvgIpc) is 2.84. The van der Waals surface area contributed by atoms with Crippen molar-refractivity contribution in [3.63, 3.8) is 0 Å². The lowest BCUT2D eigenvalue weighted by molar-refractivity contribution is -0.139. The minimum Gasteiger partial charge on any atom is -0.507 e. The lowest BCUT2D eigenvalue weighted by Gasteiger charge is -2.15. The summed E-state index contributed by atoms with van der Waals surface area (Å²) in [7, 11) is 0. The number of ether oxygens (including phenoxy) is 4. The minimum absolute atomic E-state index is 0.0160. The highest BCUT2D eigenvalue weighted by Gasteiger charge is 2.16. The smallest absolute Gasteiger partial charge is 0.341 e. The summed E-state index contributed by atoms with van der Waals surface area (Å²) in [5, 5.41) is 20.9. The highest BCUT2D eigenvalue weighted by molar-refractivity contribution is 5.97. The molecule has 8 heteroatoms. The second-order valence-electron chi connectivity index (χ2n) is 7.84. The number of hydrogen-bond acceptors (Lipinski definition) is 7. The molecule has 0 amide bonds. The Balaban J connectivity index is 1.49. The first-order valence-corrected chi connectivity index (χ1v) is 11.5. The minimum atomic E-state index is -1.04. The number of hydrogen-bond donors (Lipinski definition) is 2. The van der Waals surface area contributed by atoms with Crippen LogP contribution in [0.15, 0.2) is 48.5 Å². The first-order chi connectivity index (χ1) is 16.9. The summed E-state index contributed by atoms with van der Waals surface area (Å²) in [6, 6.07) is 14.2. The van der Waals surface area contributed by atoms with Crippen molar-refractivity contribution >= 4 is 22.5 Å². The lowest BCUT2D eigenvalue weighted by Crippen LogP contribution is -2.13. The molecular formula is C27H30O8. The maximum atomic E-state index is 11.7. The van der Waals surface area contributed by atoms with E-state index in [-0.39, 0.29) is 18.1 Å². The van der Waals surface area contributed by atoms with Gasteiger partial charge in [-0.1, -0.05) is 37.6 Å². The molecule has 3 aromatic rings. The molecule has 0 aromatic heterocycles. The molecule has 0 saturated carbocycles. The maximum absolute atomic E-state index is 11.7. The highest BCUT2D eigenvalue weighted by atomic mass is 16.5. The molecule has 8 nitrogen and oxygen atoms in total. The van der Waals surface area contributed by atoms with Crippen molar-refractivity contribution in [3.8, 4) is 23.0 Å². The second-order valence-corrected chi connectivity index (χ2v) is 7.84. The van der Waals surface area contributed by atoms with E-state index in [0.717, 1.165) is 17.2 Å². The molecule has 0 heterocycles. The largest absolute Gasteiger partial charge is 0.507 e. The number of carbonyl (C=O) groups is 2. The van der Waals surface area contributed by atoms with Crippen LogP contribution in [0.2, 0.25) is 0 Å². The number of carbonyl (C=O) groups excluding carboxylic acids is 1. The molecule has 0 aliphatic heterocycles. The maximum Gasteiger partial charge on any atom is 0.341 e. The van der Waals surface area contributed by atoms with Gasteiger partial charge in [-0.2, -0.15) is 0 Å². The lowest BCUT2D eigenvalue weighted by atomic mass is 10.0. The Bertz CT molecular complexity index is 1170. The molecular weight excluding hydrogens is 452 g/mol. The van der Waals surface area contributed by atoms with Gasteiger partial charge in [-0.05, 0) is 37.6 Å². The molecule has 0 spiro atoms. The number of phenols is 1. The molecule has 0 unspecified atom stereocenters. The van der Waals surface area contributed by atoms with Crippen LogP contribution < -0.4 is 14.2 Å². The third-order valence-electron chi connectivity index (χ3n) is 5.28. The molecule has 35 heavy (non-hydrogen) atoms. The van der Waals surface area contributed by atoms with E-state index in [1.54, 1.807) is 24.3 Å². The van der Waals surface area contributed by atoms with Crippen molar-refractivity contribution in [2.24, 2.45) is 0 Å². The van der Waals surface area contributed by atoms with E-state index in [0.29, 0.717) is 54.6 Å². The molecule has 3 aromatic carbocycles. The molecule has 186 valence electrons. The highest BCUT2D eigenvalue weighted by Crippen LogP contribution is 2.34. The van der Waals surface area contributed by atoms with Crippen LogP contribution in [0.4, 0.5) is 0 Å². The van der Waals surface area contributed by atoms with E-state index in [4.69, 9.17) is 24.1 Å². The number of rotatable bonds is 14. The van der Waals surface area contributed by atoms with E-state index in [1.807, 2.05) is 31.2 Å². The molecule has 0 atom stereocenters. The summed E-state index contributed by atoms with van der Waals surface area (Å²) in [6.45, 7) is 4.26. The number of Topliss-reactive ketones (excluding diaryl/α,β-unsaturated/α-hetero) is 1. The van der Waals surface area contributed by atoms with Gasteiger partial charge in [0.25, 0.3) is 0 Å². The number of carboxylic acids is 1. The summed E-state index contributed by atoms with van der Waals surface area (Å²) in [4.78, 5) is 22.5. The summed E-state index contributed by atoms with van der Waals surface area (Å²) in [6.07, 6.45) is 1.41. The van der Waals surface area contributed by atoms with Crippen LogP contribution >= 0.6 is 0 Å². The first-order valence-electron chi connectivity index (χ1n) is 11.5. The number of benzene rings is 3.